The van der Waals surface area contributed by atoms with Gasteiger partial charge in [-0.25, -0.2) is 0 Å². The number of hydrogen-bond donors (Lipinski definition) is 1. The monoisotopic (exact) mass is 427 g/mol. The number of non-ortho nitro benzene ring substituents is 1. The van der Waals surface area contributed by atoms with Gasteiger partial charge in [-0.15, -0.1) is 0 Å². The van der Waals surface area contributed by atoms with Gasteiger partial charge in [0.15, 0.2) is 0 Å². The summed E-state index contributed by atoms with van der Waals surface area (Å²) >= 11 is 0. The number of carbonyl (C=O) groups is 1. The number of nitro groups is 1. The smallest absolute Gasteiger partial charge is 0.269 e. The third kappa shape index (κ3) is 6.03. The Labute approximate surface area is 185 Å². The highest BCUT2D eigenvalue weighted by Crippen LogP contribution is 2.19. The topological polar surface area (TPSA) is 105 Å². The Kier molecular flexibility index (Phi) is 7.33. The highest BCUT2D eigenvalue weighted by molar-refractivity contribution is 6.01. The molecule has 160 valence electrons. The minimum absolute atomic E-state index is 0.00181. The van der Waals surface area contributed by atoms with Crippen LogP contribution in [0.4, 0.5) is 5.69 Å². The number of nitriles is 1. The molecule has 1 N–H and O–H groups in total. The number of nitro benzene ring substituents is 1. The summed E-state index contributed by atoms with van der Waals surface area (Å²) in [6.07, 6.45) is 1.51. The average molecular weight is 427 g/mol. The van der Waals surface area contributed by atoms with Crippen LogP contribution >= 0.6 is 0 Å². The van der Waals surface area contributed by atoms with Crippen LogP contribution in [0.1, 0.15) is 29.7 Å². The second-order valence-electron chi connectivity index (χ2n) is 7.06. The van der Waals surface area contributed by atoms with E-state index in [1.54, 1.807) is 36.4 Å². The van der Waals surface area contributed by atoms with Crippen LogP contribution in [0.25, 0.3) is 6.08 Å². The molecule has 0 aliphatic rings. The van der Waals surface area contributed by atoms with E-state index in [9.17, 15) is 20.2 Å². The van der Waals surface area contributed by atoms with E-state index < -0.39 is 10.8 Å². The van der Waals surface area contributed by atoms with Crippen molar-refractivity contribution in [1.29, 1.82) is 5.26 Å². The van der Waals surface area contributed by atoms with Gasteiger partial charge in [-0.05, 0) is 41.8 Å². The largest absolute Gasteiger partial charge is 0.489 e. The van der Waals surface area contributed by atoms with Gasteiger partial charge in [0.1, 0.15) is 24.0 Å². The number of nitrogens with zero attached hydrogens (tertiary/aromatic N) is 2. The average Bonchev–Trinajstić information content (AvgIpc) is 2.82. The van der Waals surface area contributed by atoms with Gasteiger partial charge in [0.2, 0.25) is 0 Å². The first-order valence-electron chi connectivity index (χ1n) is 9.90. The molecule has 3 aromatic carbocycles. The quantitative estimate of drug-likeness (QED) is 0.237. The lowest BCUT2D eigenvalue weighted by atomic mass is 10.1. The summed E-state index contributed by atoms with van der Waals surface area (Å²) in [4.78, 5) is 22.9. The molecule has 0 aliphatic carbocycles. The van der Waals surface area contributed by atoms with Crippen molar-refractivity contribution < 1.29 is 14.5 Å². The molecular formula is C25H21N3O4. The molecule has 0 saturated heterocycles. The standard InChI is InChI=1S/C25H21N3O4/c1-18(21-7-3-2-4-8-21)27-25(29)22(16-26)14-19-10-12-24(13-11-19)32-17-20-6-5-9-23(15-20)28(30)31/h2-15,18H,17H2,1H3,(H,27,29)/b22-14-/t18-/m1/s1. The number of carbonyl (C=O) groups excluding carboxylic acids is 1. The van der Waals surface area contributed by atoms with Crippen LogP contribution in [0.3, 0.4) is 0 Å². The second kappa shape index (κ2) is 10.5. The third-order valence-corrected chi connectivity index (χ3v) is 4.73. The van der Waals surface area contributed by atoms with Crippen LogP contribution in [0.2, 0.25) is 0 Å². The van der Waals surface area contributed by atoms with Gasteiger partial charge >= 0.3 is 0 Å². The zero-order valence-electron chi connectivity index (χ0n) is 17.4. The lowest BCUT2D eigenvalue weighted by molar-refractivity contribution is -0.384. The third-order valence-electron chi connectivity index (χ3n) is 4.73. The fourth-order valence-corrected chi connectivity index (χ4v) is 3.00. The molecule has 1 atom stereocenters. The predicted molar refractivity (Wildman–Crippen MR) is 120 cm³/mol. The minimum atomic E-state index is -0.450. The molecule has 7 nitrogen and oxygen atoms in total. The number of hydrogen-bond acceptors (Lipinski definition) is 5. The van der Waals surface area contributed by atoms with E-state index in [4.69, 9.17) is 4.74 Å². The molecule has 0 aromatic heterocycles. The van der Waals surface area contributed by atoms with Crippen LogP contribution in [0.5, 0.6) is 5.75 Å². The van der Waals surface area contributed by atoms with Crippen molar-refractivity contribution >= 4 is 17.7 Å². The number of amides is 1. The van der Waals surface area contributed by atoms with E-state index in [1.807, 2.05) is 43.3 Å². The molecule has 0 spiro atoms. The number of ether oxygens (including phenoxy) is 1. The molecule has 0 saturated carbocycles. The lowest BCUT2D eigenvalue weighted by Gasteiger charge is -2.13. The van der Waals surface area contributed by atoms with Crippen LogP contribution in [0, 0.1) is 21.4 Å². The first-order chi connectivity index (χ1) is 15.5. The maximum absolute atomic E-state index is 12.5. The molecule has 32 heavy (non-hydrogen) atoms. The van der Waals surface area contributed by atoms with Gasteiger partial charge in [-0.2, -0.15) is 5.26 Å². The number of rotatable bonds is 8. The van der Waals surface area contributed by atoms with Crippen LogP contribution < -0.4 is 10.1 Å². The lowest BCUT2D eigenvalue weighted by Crippen LogP contribution is -2.27. The van der Waals surface area contributed by atoms with E-state index in [-0.39, 0.29) is 23.9 Å². The van der Waals surface area contributed by atoms with Crippen molar-refractivity contribution in [2.24, 2.45) is 0 Å². The molecule has 0 fully saturated rings. The van der Waals surface area contributed by atoms with Gasteiger partial charge in [0, 0.05) is 12.1 Å². The maximum atomic E-state index is 12.5. The van der Waals surface area contributed by atoms with Crippen molar-refractivity contribution in [2.75, 3.05) is 0 Å². The summed E-state index contributed by atoms with van der Waals surface area (Å²) in [6, 6.07) is 24.3. The van der Waals surface area contributed by atoms with Gasteiger partial charge in [-0.1, -0.05) is 54.6 Å². The SMILES string of the molecule is C[C@@H](NC(=O)/C(C#N)=C\c1ccc(OCc2cccc([N+](=O)[O-])c2)cc1)c1ccccc1. The highest BCUT2D eigenvalue weighted by Gasteiger charge is 2.13. The fraction of sp³-hybridized carbons (Fsp3) is 0.120. The predicted octanol–water partition coefficient (Wildman–Crippen LogP) is 4.96. The van der Waals surface area contributed by atoms with Gasteiger partial charge in [0.05, 0.1) is 11.0 Å². The first kappa shape index (κ1) is 22.2. The Bertz CT molecular complexity index is 1170. The normalized spacial score (nSPS) is 11.8. The van der Waals surface area contributed by atoms with Crippen molar-refractivity contribution in [3.63, 3.8) is 0 Å². The second-order valence-corrected chi connectivity index (χ2v) is 7.06. The number of benzene rings is 3. The summed E-state index contributed by atoms with van der Waals surface area (Å²) in [7, 11) is 0. The van der Waals surface area contributed by atoms with Crippen molar-refractivity contribution in [3.8, 4) is 11.8 Å². The number of nitrogens with one attached hydrogen (secondary N) is 1. The summed E-state index contributed by atoms with van der Waals surface area (Å²) < 4.78 is 5.67. The van der Waals surface area contributed by atoms with Crippen LogP contribution in [-0.2, 0) is 11.4 Å². The van der Waals surface area contributed by atoms with Gasteiger partial charge in [-0.3, -0.25) is 14.9 Å². The zero-order chi connectivity index (χ0) is 22.9. The molecule has 0 bridgehead atoms. The van der Waals surface area contributed by atoms with Crippen LogP contribution in [0.15, 0.2) is 84.4 Å². The molecule has 0 aliphatic heterocycles. The summed E-state index contributed by atoms with van der Waals surface area (Å²) in [5, 5.41) is 23.1. The Morgan fingerprint density at radius 2 is 1.84 bits per heavy atom. The Morgan fingerprint density at radius 1 is 1.12 bits per heavy atom. The summed E-state index contributed by atoms with van der Waals surface area (Å²) in [5.74, 6) is 0.115. The van der Waals surface area contributed by atoms with Crippen molar-refractivity contribution in [1.82, 2.24) is 5.32 Å². The zero-order valence-corrected chi connectivity index (χ0v) is 17.4. The van der Waals surface area contributed by atoms with E-state index in [0.29, 0.717) is 16.9 Å². The van der Waals surface area contributed by atoms with E-state index in [2.05, 4.69) is 5.32 Å². The molecule has 3 aromatic rings. The summed E-state index contributed by atoms with van der Waals surface area (Å²) in [5.41, 5.74) is 2.31. The fourth-order valence-electron chi connectivity index (χ4n) is 3.00. The molecular weight excluding hydrogens is 406 g/mol. The highest BCUT2D eigenvalue weighted by atomic mass is 16.6. The van der Waals surface area contributed by atoms with E-state index in [1.165, 1.54) is 18.2 Å². The molecule has 3 rings (SSSR count). The summed E-state index contributed by atoms with van der Waals surface area (Å²) in [6.45, 7) is 2.04. The van der Waals surface area contributed by atoms with E-state index in [0.717, 1.165) is 5.56 Å². The Balaban J connectivity index is 1.62. The Hall–Kier alpha value is -4.44. The Morgan fingerprint density at radius 3 is 2.50 bits per heavy atom. The molecule has 0 unspecified atom stereocenters. The van der Waals surface area contributed by atoms with Crippen molar-refractivity contribution in [2.45, 2.75) is 19.6 Å². The molecule has 0 heterocycles. The molecule has 0 radical (unpaired) electrons. The molecule has 7 heteroatoms. The minimum Gasteiger partial charge on any atom is -0.489 e. The van der Waals surface area contributed by atoms with Crippen molar-refractivity contribution in [3.05, 3.63) is 111 Å². The van der Waals surface area contributed by atoms with Crippen LogP contribution in [-0.4, -0.2) is 10.8 Å². The first-order valence-corrected chi connectivity index (χ1v) is 9.90. The molecule has 1 amide bonds. The van der Waals surface area contributed by atoms with Gasteiger partial charge in [0.25, 0.3) is 11.6 Å². The van der Waals surface area contributed by atoms with E-state index >= 15 is 0 Å². The maximum Gasteiger partial charge on any atom is 0.269 e. The van der Waals surface area contributed by atoms with Gasteiger partial charge < -0.3 is 10.1 Å².